The highest BCUT2D eigenvalue weighted by Gasteiger charge is 1.98. The Kier molecular flexibility index (Phi) is 5.02. The molecule has 2 N–H and O–H groups in total. The number of rotatable bonds is 5. The van der Waals surface area contributed by atoms with Gasteiger partial charge in [-0.2, -0.15) is 0 Å². The van der Waals surface area contributed by atoms with Gasteiger partial charge >= 0.3 is 0 Å². The molecular weight excluding hydrogens is 170 g/mol. The number of allylic oxidation sites excluding steroid dienone is 1. The zero-order valence-electron chi connectivity index (χ0n) is 8.87. The SMILES string of the molecule is CCCC(=CCCN)c1ccccc1. The van der Waals surface area contributed by atoms with Crippen molar-refractivity contribution < 1.29 is 0 Å². The van der Waals surface area contributed by atoms with Gasteiger partial charge < -0.3 is 5.73 Å². The van der Waals surface area contributed by atoms with E-state index in [0.29, 0.717) is 0 Å². The predicted octanol–water partition coefficient (Wildman–Crippen LogP) is 3.22. The average molecular weight is 189 g/mol. The highest BCUT2D eigenvalue weighted by molar-refractivity contribution is 5.65. The van der Waals surface area contributed by atoms with E-state index >= 15 is 0 Å². The first kappa shape index (κ1) is 11.0. The smallest absolute Gasteiger partial charge is 0.00424 e. The first-order valence-corrected chi connectivity index (χ1v) is 5.33. The van der Waals surface area contributed by atoms with Gasteiger partial charge in [0.25, 0.3) is 0 Å². The first-order chi connectivity index (χ1) is 6.88. The third-order valence-electron chi connectivity index (χ3n) is 2.22. The van der Waals surface area contributed by atoms with E-state index in [9.17, 15) is 0 Å². The molecule has 0 saturated heterocycles. The Morgan fingerprint density at radius 1 is 1.29 bits per heavy atom. The normalized spacial score (nSPS) is 11.7. The number of benzene rings is 1. The van der Waals surface area contributed by atoms with Crippen molar-refractivity contribution in [2.75, 3.05) is 6.54 Å². The van der Waals surface area contributed by atoms with Gasteiger partial charge in [0.2, 0.25) is 0 Å². The molecule has 0 amide bonds. The molecular formula is C13H19N. The van der Waals surface area contributed by atoms with Crippen LogP contribution in [0.5, 0.6) is 0 Å². The summed E-state index contributed by atoms with van der Waals surface area (Å²) in [4.78, 5) is 0. The fourth-order valence-electron chi connectivity index (χ4n) is 1.54. The van der Waals surface area contributed by atoms with Crippen molar-refractivity contribution in [1.29, 1.82) is 0 Å². The third-order valence-corrected chi connectivity index (χ3v) is 2.22. The molecule has 0 aliphatic rings. The second-order valence-electron chi connectivity index (χ2n) is 3.42. The molecule has 0 bridgehead atoms. The fourth-order valence-corrected chi connectivity index (χ4v) is 1.54. The molecule has 1 rings (SSSR count). The van der Waals surface area contributed by atoms with Crippen molar-refractivity contribution in [2.45, 2.75) is 26.2 Å². The highest BCUT2D eigenvalue weighted by Crippen LogP contribution is 2.19. The van der Waals surface area contributed by atoms with Gasteiger partial charge in [0.1, 0.15) is 0 Å². The van der Waals surface area contributed by atoms with E-state index in [1.54, 1.807) is 0 Å². The van der Waals surface area contributed by atoms with Crippen LogP contribution in [-0.2, 0) is 0 Å². The molecule has 14 heavy (non-hydrogen) atoms. The molecule has 0 aliphatic carbocycles. The molecule has 0 radical (unpaired) electrons. The molecule has 1 nitrogen and oxygen atoms in total. The molecule has 1 aromatic rings. The summed E-state index contributed by atoms with van der Waals surface area (Å²) < 4.78 is 0. The lowest BCUT2D eigenvalue weighted by molar-refractivity contribution is 0.953. The Balaban J connectivity index is 2.77. The molecule has 0 fully saturated rings. The van der Waals surface area contributed by atoms with E-state index in [4.69, 9.17) is 5.73 Å². The maximum absolute atomic E-state index is 5.51. The number of nitrogens with two attached hydrogens (primary N) is 1. The van der Waals surface area contributed by atoms with Crippen LogP contribution in [0, 0.1) is 0 Å². The van der Waals surface area contributed by atoms with Crippen LogP contribution in [0.15, 0.2) is 36.4 Å². The second-order valence-corrected chi connectivity index (χ2v) is 3.42. The summed E-state index contributed by atoms with van der Waals surface area (Å²) in [6, 6.07) is 10.6. The summed E-state index contributed by atoms with van der Waals surface area (Å²) in [5.41, 5.74) is 8.27. The molecule has 0 unspecified atom stereocenters. The Morgan fingerprint density at radius 2 is 2.00 bits per heavy atom. The van der Waals surface area contributed by atoms with Crippen LogP contribution in [0.3, 0.4) is 0 Å². The van der Waals surface area contributed by atoms with Gasteiger partial charge in [0.15, 0.2) is 0 Å². The van der Waals surface area contributed by atoms with E-state index in [0.717, 1.165) is 19.4 Å². The van der Waals surface area contributed by atoms with Gasteiger partial charge in [0.05, 0.1) is 0 Å². The fraction of sp³-hybridized carbons (Fsp3) is 0.385. The van der Waals surface area contributed by atoms with E-state index in [1.807, 2.05) is 0 Å². The molecule has 0 heterocycles. The van der Waals surface area contributed by atoms with Crippen LogP contribution in [0.4, 0.5) is 0 Å². The molecule has 0 aromatic heterocycles. The molecule has 0 spiro atoms. The van der Waals surface area contributed by atoms with E-state index < -0.39 is 0 Å². The zero-order valence-corrected chi connectivity index (χ0v) is 8.87. The first-order valence-electron chi connectivity index (χ1n) is 5.33. The maximum atomic E-state index is 5.51. The minimum atomic E-state index is 0.736. The lowest BCUT2D eigenvalue weighted by Gasteiger charge is -2.06. The van der Waals surface area contributed by atoms with Crippen molar-refractivity contribution in [3.05, 3.63) is 42.0 Å². The standard InChI is InChI=1S/C13H19N/c1-2-7-12(10-6-11-14)13-8-4-3-5-9-13/h3-5,8-10H,2,6-7,11,14H2,1H3. The van der Waals surface area contributed by atoms with Crippen LogP contribution in [-0.4, -0.2) is 6.54 Å². The third kappa shape index (κ3) is 3.35. The molecule has 1 heteroatoms. The van der Waals surface area contributed by atoms with E-state index in [1.165, 1.54) is 17.6 Å². The van der Waals surface area contributed by atoms with Crippen molar-refractivity contribution in [3.63, 3.8) is 0 Å². The zero-order chi connectivity index (χ0) is 10.2. The van der Waals surface area contributed by atoms with Gasteiger partial charge in [0, 0.05) is 0 Å². The van der Waals surface area contributed by atoms with Crippen molar-refractivity contribution in [1.82, 2.24) is 0 Å². The Morgan fingerprint density at radius 3 is 2.57 bits per heavy atom. The predicted molar refractivity (Wildman–Crippen MR) is 63.0 cm³/mol. The highest BCUT2D eigenvalue weighted by atomic mass is 14.5. The quantitative estimate of drug-likeness (QED) is 0.756. The van der Waals surface area contributed by atoms with Crippen LogP contribution in [0.2, 0.25) is 0 Å². The van der Waals surface area contributed by atoms with Gasteiger partial charge in [-0.3, -0.25) is 0 Å². The maximum Gasteiger partial charge on any atom is -0.00424 e. The topological polar surface area (TPSA) is 26.0 Å². The summed E-state index contributed by atoms with van der Waals surface area (Å²) in [6.45, 7) is 2.94. The molecule has 0 saturated carbocycles. The van der Waals surface area contributed by atoms with Gasteiger partial charge in [-0.1, -0.05) is 49.8 Å². The van der Waals surface area contributed by atoms with Crippen LogP contribution < -0.4 is 5.73 Å². The Bertz CT molecular complexity index is 275. The summed E-state index contributed by atoms with van der Waals surface area (Å²) in [5.74, 6) is 0. The Labute approximate surface area is 86.6 Å². The Hall–Kier alpha value is -1.08. The van der Waals surface area contributed by atoms with Gasteiger partial charge in [-0.15, -0.1) is 0 Å². The van der Waals surface area contributed by atoms with Gasteiger partial charge in [-0.25, -0.2) is 0 Å². The van der Waals surface area contributed by atoms with E-state index in [-0.39, 0.29) is 0 Å². The summed E-state index contributed by atoms with van der Waals surface area (Å²) in [6.07, 6.45) is 5.57. The average Bonchev–Trinajstić information content (AvgIpc) is 2.25. The lowest BCUT2D eigenvalue weighted by atomic mass is 10.0. The summed E-state index contributed by atoms with van der Waals surface area (Å²) in [5, 5.41) is 0. The summed E-state index contributed by atoms with van der Waals surface area (Å²) >= 11 is 0. The van der Waals surface area contributed by atoms with Crippen LogP contribution in [0.1, 0.15) is 31.7 Å². The monoisotopic (exact) mass is 189 g/mol. The largest absolute Gasteiger partial charge is 0.330 e. The molecule has 76 valence electrons. The summed E-state index contributed by atoms with van der Waals surface area (Å²) in [7, 11) is 0. The van der Waals surface area contributed by atoms with Crippen LogP contribution in [0.25, 0.3) is 5.57 Å². The van der Waals surface area contributed by atoms with Gasteiger partial charge in [-0.05, 0) is 30.5 Å². The number of hydrogen-bond donors (Lipinski definition) is 1. The van der Waals surface area contributed by atoms with Crippen molar-refractivity contribution in [3.8, 4) is 0 Å². The van der Waals surface area contributed by atoms with E-state index in [2.05, 4.69) is 43.3 Å². The minimum Gasteiger partial charge on any atom is -0.330 e. The molecule has 0 atom stereocenters. The minimum absolute atomic E-state index is 0.736. The number of hydrogen-bond acceptors (Lipinski definition) is 1. The second kappa shape index (κ2) is 6.39. The van der Waals surface area contributed by atoms with Crippen molar-refractivity contribution >= 4 is 5.57 Å². The molecule has 0 aliphatic heterocycles. The van der Waals surface area contributed by atoms with Crippen molar-refractivity contribution in [2.24, 2.45) is 5.73 Å². The van der Waals surface area contributed by atoms with Crippen LogP contribution >= 0.6 is 0 Å². The molecule has 1 aromatic carbocycles. The lowest BCUT2D eigenvalue weighted by Crippen LogP contribution is -1.96.